The lowest BCUT2D eigenvalue weighted by Crippen LogP contribution is -2.06. The highest BCUT2D eigenvalue weighted by Gasteiger charge is 2.27. The SMILES string of the molecule is CCC1=CC2=CC3=NC(=CC4=NC(=CC5=NC(=C(CC)C1=N2)C(CC)=C5CC)C=C4)C=C3. The summed E-state index contributed by atoms with van der Waals surface area (Å²) in [6.07, 6.45) is 20.3. The second kappa shape index (κ2) is 8.27. The van der Waals surface area contributed by atoms with Gasteiger partial charge in [-0.25, -0.2) is 20.0 Å². The molecule has 5 aliphatic rings. The van der Waals surface area contributed by atoms with Crippen molar-refractivity contribution < 1.29 is 0 Å². The number of fused-ring (bicyclic) bond motifs is 4. The fourth-order valence-electron chi connectivity index (χ4n) is 4.78. The van der Waals surface area contributed by atoms with Crippen LogP contribution in [0.3, 0.4) is 0 Å². The summed E-state index contributed by atoms with van der Waals surface area (Å²) < 4.78 is 0. The summed E-state index contributed by atoms with van der Waals surface area (Å²) in [5.41, 5.74) is 13.0. The molecule has 0 atom stereocenters. The lowest BCUT2D eigenvalue weighted by atomic mass is 9.92. The highest BCUT2D eigenvalue weighted by Crippen LogP contribution is 2.37. The average Bonchev–Trinajstić information content (AvgIpc) is 3.56. The second-order valence-corrected chi connectivity index (χ2v) is 8.27. The van der Waals surface area contributed by atoms with Crippen LogP contribution >= 0.6 is 0 Å². The summed E-state index contributed by atoms with van der Waals surface area (Å²) in [5.74, 6) is 0. The quantitative estimate of drug-likeness (QED) is 0.486. The van der Waals surface area contributed by atoms with Crippen LogP contribution in [0.2, 0.25) is 0 Å². The molecule has 4 nitrogen and oxygen atoms in total. The number of hydrogen-bond donors (Lipinski definition) is 0. The van der Waals surface area contributed by atoms with Crippen molar-refractivity contribution in [1.82, 2.24) is 0 Å². The number of nitrogens with zero attached hydrogens (tertiary/aromatic N) is 4. The Labute approximate surface area is 190 Å². The van der Waals surface area contributed by atoms with Crippen LogP contribution in [0.15, 0.2) is 114 Å². The summed E-state index contributed by atoms with van der Waals surface area (Å²) in [7, 11) is 0. The lowest BCUT2D eigenvalue weighted by Gasteiger charge is -2.13. The van der Waals surface area contributed by atoms with E-state index in [0.29, 0.717) is 0 Å². The normalized spacial score (nSPS) is 21.4. The first-order chi connectivity index (χ1) is 15.6. The van der Waals surface area contributed by atoms with Crippen LogP contribution in [-0.4, -0.2) is 22.8 Å². The zero-order chi connectivity index (χ0) is 22.2. The third-order valence-electron chi connectivity index (χ3n) is 6.31. The smallest absolute Gasteiger partial charge is 0.0725 e. The van der Waals surface area contributed by atoms with Gasteiger partial charge in [0.25, 0.3) is 0 Å². The molecule has 4 heteroatoms. The molecule has 0 N–H and O–H groups in total. The third kappa shape index (κ3) is 3.50. The van der Waals surface area contributed by atoms with Gasteiger partial charge in [-0.15, -0.1) is 0 Å². The highest BCUT2D eigenvalue weighted by molar-refractivity contribution is 6.19. The van der Waals surface area contributed by atoms with E-state index in [-0.39, 0.29) is 0 Å². The summed E-state index contributed by atoms with van der Waals surface area (Å²) in [6, 6.07) is 0. The van der Waals surface area contributed by atoms with Crippen molar-refractivity contribution in [1.29, 1.82) is 0 Å². The van der Waals surface area contributed by atoms with E-state index in [1.54, 1.807) is 0 Å². The standard InChI is InChI=1S/C28H28N4/c1-5-17-13-22-15-20-10-9-18(29-20)14-19-11-12-21(30-19)16-26-23(6-2)24(7-3)28(32-26)25(8-4)27(17)31-22/h9-16H,5-8H2,1-4H3. The largest absolute Gasteiger partial charge is 0.249 e. The Kier molecular flexibility index (Phi) is 5.30. The fourth-order valence-corrected chi connectivity index (χ4v) is 4.78. The van der Waals surface area contributed by atoms with Crippen LogP contribution in [0, 0.1) is 0 Å². The molecule has 8 bridgehead atoms. The molecule has 5 heterocycles. The Morgan fingerprint density at radius 2 is 1.16 bits per heavy atom. The minimum absolute atomic E-state index is 0.891. The highest BCUT2D eigenvalue weighted by atomic mass is 14.9. The van der Waals surface area contributed by atoms with Gasteiger partial charge >= 0.3 is 0 Å². The maximum atomic E-state index is 5.18. The molecule has 0 unspecified atom stereocenters. The molecule has 0 aliphatic carbocycles. The van der Waals surface area contributed by atoms with Crippen molar-refractivity contribution in [2.24, 2.45) is 20.0 Å². The molecular weight excluding hydrogens is 392 g/mol. The van der Waals surface area contributed by atoms with Crippen LogP contribution in [0.4, 0.5) is 0 Å². The van der Waals surface area contributed by atoms with Gasteiger partial charge < -0.3 is 0 Å². The molecule has 0 aromatic rings. The van der Waals surface area contributed by atoms with Gasteiger partial charge in [-0.1, -0.05) is 27.7 Å². The van der Waals surface area contributed by atoms with Gasteiger partial charge in [-0.3, -0.25) is 0 Å². The number of rotatable bonds is 4. The predicted molar refractivity (Wildman–Crippen MR) is 136 cm³/mol. The summed E-state index contributed by atoms with van der Waals surface area (Å²) >= 11 is 0. The molecule has 0 saturated carbocycles. The van der Waals surface area contributed by atoms with Crippen LogP contribution in [0.1, 0.15) is 53.4 Å². The van der Waals surface area contributed by atoms with Crippen LogP contribution in [0.25, 0.3) is 0 Å². The number of aliphatic imine (C=N–C) groups is 4. The van der Waals surface area contributed by atoms with E-state index in [2.05, 4.69) is 52.0 Å². The number of hydrogen-bond acceptors (Lipinski definition) is 4. The van der Waals surface area contributed by atoms with E-state index >= 15 is 0 Å². The van der Waals surface area contributed by atoms with Crippen molar-refractivity contribution in [2.45, 2.75) is 53.4 Å². The molecule has 5 aliphatic heterocycles. The van der Waals surface area contributed by atoms with E-state index in [1.807, 2.05) is 24.3 Å². The van der Waals surface area contributed by atoms with Crippen molar-refractivity contribution in [3.05, 3.63) is 93.7 Å². The van der Waals surface area contributed by atoms with Crippen LogP contribution in [0.5, 0.6) is 0 Å². The first-order valence-electron chi connectivity index (χ1n) is 11.7. The van der Waals surface area contributed by atoms with Crippen molar-refractivity contribution in [2.75, 3.05) is 0 Å². The molecule has 0 amide bonds. The maximum absolute atomic E-state index is 5.18. The molecule has 0 fully saturated rings. The average molecular weight is 421 g/mol. The Balaban J connectivity index is 1.78. The van der Waals surface area contributed by atoms with Gasteiger partial charge in [-0.2, -0.15) is 0 Å². The molecule has 0 saturated heterocycles. The van der Waals surface area contributed by atoms with Crippen molar-refractivity contribution in [3.63, 3.8) is 0 Å². The summed E-state index contributed by atoms with van der Waals surface area (Å²) in [5, 5.41) is 0. The molecular formula is C28H28N4. The van der Waals surface area contributed by atoms with E-state index in [9.17, 15) is 0 Å². The van der Waals surface area contributed by atoms with Gasteiger partial charge in [0.1, 0.15) is 0 Å². The summed E-state index contributed by atoms with van der Waals surface area (Å²) in [4.78, 5) is 19.8. The van der Waals surface area contributed by atoms with Crippen LogP contribution in [-0.2, 0) is 0 Å². The predicted octanol–water partition coefficient (Wildman–Crippen LogP) is 6.70. The lowest BCUT2D eigenvalue weighted by molar-refractivity contribution is 1.02. The van der Waals surface area contributed by atoms with Gasteiger partial charge in [0.2, 0.25) is 0 Å². The number of allylic oxidation sites excluding steroid dienone is 12. The summed E-state index contributed by atoms with van der Waals surface area (Å²) in [6.45, 7) is 8.85. The fraction of sp³-hybridized carbons (Fsp3) is 0.286. The minimum atomic E-state index is 0.891. The van der Waals surface area contributed by atoms with Crippen molar-refractivity contribution >= 4 is 22.8 Å². The zero-order valence-corrected chi connectivity index (χ0v) is 19.2. The molecule has 0 aromatic heterocycles. The molecule has 0 aromatic carbocycles. The molecule has 5 rings (SSSR count). The van der Waals surface area contributed by atoms with Gasteiger partial charge in [0.15, 0.2) is 0 Å². The molecule has 0 radical (unpaired) electrons. The monoisotopic (exact) mass is 420 g/mol. The van der Waals surface area contributed by atoms with E-state index in [0.717, 1.165) is 71.3 Å². The zero-order valence-electron chi connectivity index (χ0n) is 19.2. The molecule has 32 heavy (non-hydrogen) atoms. The third-order valence-corrected chi connectivity index (χ3v) is 6.31. The Morgan fingerprint density at radius 1 is 0.531 bits per heavy atom. The Morgan fingerprint density at radius 3 is 1.78 bits per heavy atom. The first-order valence-corrected chi connectivity index (χ1v) is 11.7. The van der Waals surface area contributed by atoms with Gasteiger partial charge in [0, 0.05) is 5.57 Å². The maximum Gasteiger partial charge on any atom is 0.0725 e. The van der Waals surface area contributed by atoms with E-state index in [1.165, 1.54) is 22.3 Å². The molecule has 0 spiro atoms. The minimum Gasteiger partial charge on any atom is -0.249 e. The van der Waals surface area contributed by atoms with Crippen molar-refractivity contribution in [3.8, 4) is 0 Å². The van der Waals surface area contributed by atoms with Gasteiger partial charge in [0.05, 0.1) is 45.6 Å². The van der Waals surface area contributed by atoms with Crippen LogP contribution < -0.4 is 0 Å². The van der Waals surface area contributed by atoms with E-state index < -0.39 is 0 Å². The second-order valence-electron chi connectivity index (χ2n) is 8.27. The van der Waals surface area contributed by atoms with E-state index in [4.69, 9.17) is 20.0 Å². The topological polar surface area (TPSA) is 49.4 Å². The Bertz CT molecular complexity index is 1270. The first kappa shape index (κ1) is 20.5. The van der Waals surface area contributed by atoms with Gasteiger partial charge in [-0.05, 0) is 91.0 Å². The molecule has 160 valence electrons. The Hall–Kier alpha value is -3.40.